The van der Waals surface area contributed by atoms with Crippen LogP contribution < -0.4 is 5.32 Å². The third kappa shape index (κ3) is 8.34. The summed E-state index contributed by atoms with van der Waals surface area (Å²) in [5.41, 5.74) is 1.45. The summed E-state index contributed by atoms with van der Waals surface area (Å²) in [6.45, 7) is 7.65. The molecule has 0 radical (unpaired) electrons. The molecule has 20 heavy (non-hydrogen) atoms. The van der Waals surface area contributed by atoms with Gasteiger partial charge < -0.3 is 10.1 Å². The Balaban J connectivity index is 2.37. The van der Waals surface area contributed by atoms with Crippen molar-refractivity contribution >= 4 is 0 Å². The maximum Gasteiger partial charge on any atom is 0.0462 e. The highest BCUT2D eigenvalue weighted by Gasteiger charge is 2.09. The molecule has 0 spiro atoms. The molecule has 0 heterocycles. The van der Waals surface area contributed by atoms with Gasteiger partial charge in [0.15, 0.2) is 0 Å². The largest absolute Gasteiger partial charge is 0.385 e. The molecule has 1 rings (SSSR count). The lowest BCUT2D eigenvalue weighted by Gasteiger charge is -2.18. The summed E-state index contributed by atoms with van der Waals surface area (Å²) in [6, 6.07) is 10.8. The molecule has 1 atom stereocenters. The molecule has 2 heteroatoms. The third-order valence-corrected chi connectivity index (χ3v) is 3.56. The molecule has 1 aromatic rings. The van der Waals surface area contributed by atoms with Crippen LogP contribution in [0.15, 0.2) is 30.3 Å². The summed E-state index contributed by atoms with van der Waals surface area (Å²) in [4.78, 5) is 0. The minimum absolute atomic E-state index is 0.723. The van der Waals surface area contributed by atoms with Crippen LogP contribution in [0.1, 0.15) is 38.7 Å². The Morgan fingerprint density at radius 1 is 1.05 bits per heavy atom. The van der Waals surface area contributed by atoms with Crippen LogP contribution in [0.2, 0.25) is 0 Å². The van der Waals surface area contributed by atoms with Crippen molar-refractivity contribution in [1.82, 2.24) is 5.32 Å². The van der Waals surface area contributed by atoms with Crippen LogP contribution in [-0.4, -0.2) is 26.8 Å². The Morgan fingerprint density at radius 2 is 1.80 bits per heavy atom. The summed E-state index contributed by atoms with van der Waals surface area (Å²) in [7, 11) is 1.78. The number of rotatable bonds is 11. The molecule has 0 saturated carbocycles. The minimum Gasteiger partial charge on any atom is -0.385 e. The molecule has 0 aromatic heterocycles. The quantitative estimate of drug-likeness (QED) is 0.619. The van der Waals surface area contributed by atoms with Gasteiger partial charge in [-0.3, -0.25) is 0 Å². The first-order valence-electron chi connectivity index (χ1n) is 7.96. The lowest BCUT2D eigenvalue weighted by Crippen LogP contribution is -2.27. The van der Waals surface area contributed by atoms with E-state index in [9.17, 15) is 0 Å². The van der Waals surface area contributed by atoms with Crippen molar-refractivity contribution in [2.75, 3.05) is 26.8 Å². The molecule has 0 aliphatic heterocycles. The lowest BCUT2D eigenvalue weighted by molar-refractivity contribution is 0.190. The molecule has 0 fully saturated rings. The van der Waals surface area contributed by atoms with Crippen LogP contribution in [0, 0.1) is 11.8 Å². The summed E-state index contributed by atoms with van der Waals surface area (Å²) in [5.74, 6) is 1.45. The highest BCUT2D eigenvalue weighted by molar-refractivity contribution is 5.15. The van der Waals surface area contributed by atoms with Gasteiger partial charge in [-0.1, -0.05) is 50.6 Å². The molecule has 1 aromatic carbocycles. The zero-order valence-corrected chi connectivity index (χ0v) is 13.4. The number of unbranched alkanes of at least 4 members (excludes halogenated alkanes) is 1. The van der Waals surface area contributed by atoms with E-state index < -0.39 is 0 Å². The van der Waals surface area contributed by atoms with Crippen molar-refractivity contribution in [3.8, 4) is 0 Å². The Hall–Kier alpha value is -0.860. The molecule has 0 aliphatic rings. The first-order chi connectivity index (χ1) is 9.72. The summed E-state index contributed by atoms with van der Waals surface area (Å²) >= 11 is 0. The molecule has 0 bridgehead atoms. The maximum absolute atomic E-state index is 5.14. The Bertz CT molecular complexity index is 323. The number of ether oxygens (including phenoxy) is 1. The standard InChI is InChI=1S/C18H31NO/c1-16(2)14-19-15-18(11-7-8-12-20-3)13-17-9-5-4-6-10-17/h4-6,9-10,16,18-19H,7-8,11-15H2,1-3H3. The van der Waals surface area contributed by atoms with Crippen molar-refractivity contribution in [3.63, 3.8) is 0 Å². The normalized spacial score (nSPS) is 12.8. The van der Waals surface area contributed by atoms with Gasteiger partial charge in [-0.15, -0.1) is 0 Å². The number of benzene rings is 1. The molecule has 1 N–H and O–H groups in total. The monoisotopic (exact) mass is 277 g/mol. The van der Waals surface area contributed by atoms with E-state index in [4.69, 9.17) is 4.74 Å². The molecule has 0 amide bonds. The van der Waals surface area contributed by atoms with E-state index >= 15 is 0 Å². The molecule has 1 unspecified atom stereocenters. The topological polar surface area (TPSA) is 21.3 Å². The second-order valence-corrected chi connectivity index (χ2v) is 6.10. The van der Waals surface area contributed by atoms with E-state index in [1.807, 2.05) is 0 Å². The van der Waals surface area contributed by atoms with E-state index in [0.717, 1.165) is 31.5 Å². The van der Waals surface area contributed by atoms with Gasteiger partial charge >= 0.3 is 0 Å². The van der Waals surface area contributed by atoms with E-state index in [-0.39, 0.29) is 0 Å². The Morgan fingerprint density at radius 3 is 2.45 bits per heavy atom. The van der Waals surface area contributed by atoms with Gasteiger partial charge in [0.2, 0.25) is 0 Å². The van der Waals surface area contributed by atoms with Gasteiger partial charge in [-0.2, -0.15) is 0 Å². The zero-order valence-electron chi connectivity index (χ0n) is 13.4. The third-order valence-electron chi connectivity index (χ3n) is 3.56. The van der Waals surface area contributed by atoms with Crippen LogP contribution in [0.4, 0.5) is 0 Å². The first-order valence-corrected chi connectivity index (χ1v) is 7.96. The van der Waals surface area contributed by atoms with Crippen molar-refractivity contribution in [2.45, 2.75) is 39.5 Å². The fraction of sp³-hybridized carbons (Fsp3) is 0.667. The lowest BCUT2D eigenvalue weighted by atomic mass is 9.94. The molecular formula is C18H31NO. The van der Waals surface area contributed by atoms with Gasteiger partial charge in [-0.05, 0) is 49.8 Å². The van der Waals surface area contributed by atoms with Gasteiger partial charge in [0.05, 0.1) is 0 Å². The minimum atomic E-state index is 0.723. The number of nitrogens with one attached hydrogen (secondary N) is 1. The van der Waals surface area contributed by atoms with Crippen molar-refractivity contribution in [2.24, 2.45) is 11.8 Å². The zero-order chi connectivity index (χ0) is 14.6. The van der Waals surface area contributed by atoms with Gasteiger partial charge in [0.1, 0.15) is 0 Å². The number of hydrogen-bond acceptors (Lipinski definition) is 2. The van der Waals surface area contributed by atoms with Gasteiger partial charge in [-0.25, -0.2) is 0 Å². The molecule has 2 nitrogen and oxygen atoms in total. The summed E-state index contributed by atoms with van der Waals surface area (Å²) in [5, 5.41) is 3.61. The fourth-order valence-corrected chi connectivity index (χ4v) is 2.48. The van der Waals surface area contributed by atoms with Crippen LogP contribution >= 0.6 is 0 Å². The highest BCUT2D eigenvalue weighted by atomic mass is 16.5. The average Bonchev–Trinajstić information content (AvgIpc) is 2.44. The number of methoxy groups -OCH3 is 1. The van der Waals surface area contributed by atoms with Crippen LogP contribution in [-0.2, 0) is 11.2 Å². The highest BCUT2D eigenvalue weighted by Crippen LogP contribution is 2.15. The van der Waals surface area contributed by atoms with E-state index in [2.05, 4.69) is 49.5 Å². The van der Waals surface area contributed by atoms with E-state index in [1.165, 1.54) is 31.2 Å². The average molecular weight is 277 g/mol. The van der Waals surface area contributed by atoms with Gasteiger partial charge in [0, 0.05) is 13.7 Å². The maximum atomic E-state index is 5.14. The van der Waals surface area contributed by atoms with E-state index in [0.29, 0.717) is 0 Å². The second-order valence-electron chi connectivity index (χ2n) is 6.10. The van der Waals surface area contributed by atoms with E-state index in [1.54, 1.807) is 7.11 Å². The predicted octanol–water partition coefficient (Wildman–Crippen LogP) is 3.91. The van der Waals surface area contributed by atoms with Crippen LogP contribution in [0.25, 0.3) is 0 Å². The molecule has 0 aliphatic carbocycles. The predicted molar refractivity (Wildman–Crippen MR) is 87.1 cm³/mol. The summed E-state index contributed by atoms with van der Waals surface area (Å²) in [6.07, 6.45) is 4.89. The fourth-order valence-electron chi connectivity index (χ4n) is 2.48. The van der Waals surface area contributed by atoms with Crippen molar-refractivity contribution in [3.05, 3.63) is 35.9 Å². The smallest absolute Gasteiger partial charge is 0.0462 e. The Labute approximate surface area is 124 Å². The number of hydrogen-bond donors (Lipinski definition) is 1. The van der Waals surface area contributed by atoms with Gasteiger partial charge in [0.25, 0.3) is 0 Å². The second kappa shape index (κ2) is 10.9. The van der Waals surface area contributed by atoms with Crippen LogP contribution in [0.5, 0.6) is 0 Å². The Kier molecular flexibility index (Phi) is 9.35. The molecule has 114 valence electrons. The SMILES string of the molecule is COCCCCC(CNCC(C)C)Cc1ccccc1. The summed E-state index contributed by atoms with van der Waals surface area (Å²) < 4.78 is 5.14. The first kappa shape index (κ1) is 17.2. The van der Waals surface area contributed by atoms with Crippen LogP contribution in [0.3, 0.4) is 0 Å². The van der Waals surface area contributed by atoms with Crippen molar-refractivity contribution < 1.29 is 4.74 Å². The van der Waals surface area contributed by atoms with Crippen molar-refractivity contribution in [1.29, 1.82) is 0 Å². The molecule has 0 saturated heterocycles. The molecular weight excluding hydrogens is 246 g/mol.